The molecule has 0 aromatic carbocycles. The fourth-order valence-corrected chi connectivity index (χ4v) is 0. The standard InChI is InChI=1S/C2H2O.2CHNO/c1-2-3;2*2-1-3/h1H2;2*2H. The van der Waals surface area contributed by atoms with Crippen molar-refractivity contribution in [2.45, 2.75) is 0 Å². The fraction of sp³-hybridized carbons (Fsp3) is 0. The lowest BCUT2D eigenvalue weighted by Gasteiger charge is -1.02. The van der Waals surface area contributed by atoms with Gasteiger partial charge in [-0.1, -0.05) is 0 Å². The molecular formula is C4H4N2O3. The third-order valence-corrected chi connectivity index (χ3v) is 0. The second kappa shape index (κ2) is 115. The molecule has 0 unspecified atom stereocenters. The number of hydrogen-bond acceptors (Lipinski definition) is 5. The molecule has 48 valence electrons. The number of isocyanates is 2. The summed E-state index contributed by atoms with van der Waals surface area (Å²) in [4.78, 5) is 25.3. The van der Waals surface area contributed by atoms with E-state index >= 15 is 0 Å². The summed E-state index contributed by atoms with van der Waals surface area (Å²) >= 11 is 0. The van der Waals surface area contributed by atoms with Crippen LogP contribution in [0.4, 0.5) is 0 Å². The van der Waals surface area contributed by atoms with Crippen LogP contribution in [-0.2, 0) is 14.4 Å². The summed E-state index contributed by atoms with van der Waals surface area (Å²) in [6.07, 6.45) is 1.50. The molecule has 0 atom stereocenters. The Morgan fingerprint density at radius 1 is 1.00 bits per heavy atom. The summed E-state index contributed by atoms with van der Waals surface area (Å²) in [5.41, 5.74) is 0. The summed E-state index contributed by atoms with van der Waals surface area (Å²) in [6.45, 7) is 2.68. The average molecular weight is 128 g/mol. The van der Waals surface area contributed by atoms with Gasteiger partial charge in [-0.2, -0.15) is 0 Å². The third kappa shape index (κ3) is 34.4. The van der Waals surface area contributed by atoms with E-state index in [1.165, 1.54) is 5.94 Å². The topological polar surface area (TPSA) is 98.9 Å². The number of nitrogens with one attached hydrogen (secondary N) is 2. The van der Waals surface area contributed by atoms with Crippen LogP contribution in [0.25, 0.3) is 0 Å². The zero-order valence-corrected chi connectivity index (χ0v) is 4.43. The Kier molecular flexibility index (Phi) is 201. The molecule has 0 aliphatic rings. The van der Waals surface area contributed by atoms with E-state index < -0.39 is 0 Å². The lowest BCUT2D eigenvalue weighted by molar-refractivity contribution is 0.562. The van der Waals surface area contributed by atoms with Crippen LogP contribution in [0.5, 0.6) is 0 Å². The van der Waals surface area contributed by atoms with E-state index in [9.17, 15) is 0 Å². The molecule has 2 N–H and O–H groups in total. The Balaban J connectivity index is -0.0000000600. The van der Waals surface area contributed by atoms with E-state index in [-0.39, 0.29) is 0 Å². The van der Waals surface area contributed by atoms with Gasteiger partial charge in [0.05, 0.1) is 0 Å². The van der Waals surface area contributed by atoms with Crippen LogP contribution in [0.1, 0.15) is 0 Å². The monoisotopic (exact) mass is 128 g/mol. The predicted octanol–water partition coefficient (Wildman–Crippen LogP) is -0.194. The second-order valence-corrected chi connectivity index (χ2v) is 0.348. The van der Waals surface area contributed by atoms with E-state index in [0.29, 0.717) is 0 Å². The highest BCUT2D eigenvalue weighted by Gasteiger charge is 1.04. The van der Waals surface area contributed by atoms with E-state index in [0.717, 1.165) is 12.2 Å². The lowest BCUT2D eigenvalue weighted by atomic mass is 11.2. The Bertz CT molecular complexity index is 105. The van der Waals surface area contributed by atoms with Gasteiger partial charge >= 0.3 is 0 Å². The zero-order valence-electron chi connectivity index (χ0n) is 4.43. The normalized spacial score (nSPS) is 2.67. The third-order valence-electron chi connectivity index (χ3n) is 0. The van der Waals surface area contributed by atoms with Gasteiger partial charge in [-0.05, 0) is 6.58 Å². The molecule has 5 nitrogen and oxygen atoms in total. The maximum absolute atomic E-state index is 8.57. The molecule has 0 aromatic heterocycles. The van der Waals surface area contributed by atoms with Crippen LogP contribution in [0, 0.1) is 10.8 Å². The SMILES string of the molecule is C=C=O.N=C=O.N=C=O. The first-order valence-electron chi connectivity index (χ1n) is 1.47. The molecule has 0 aliphatic heterocycles. The molecule has 0 aliphatic carbocycles. The fourth-order valence-electron chi connectivity index (χ4n) is 0. The first-order valence-corrected chi connectivity index (χ1v) is 1.47. The molecule has 0 amide bonds. The molecule has 5 heteroatoms. The first kappa shape index (κ1) is 15.7. The van der Waals surface area contributed by atoms with Gasteiger partial charge < -0.3 is 0 Å². The maximum Gasteiger partial charge on any atom is 0.231 e. The average Bonchev–Trinajstić information content (AvgIpc) is 1.70. The van der Waals surface area contributed by atoms with Crippen molar-refractivity contribution >= 4 is 18.1 Å². The van der Waals surface area contributed by atoms with Crippen molar-refractivity contribution in [2.24, 2.45) is 0 Å². The van der Waals surface area contributed by atoms with Crippen LogP contribution in [0.2, 0.25) is 0 Å². The van der Waals surface area contributed by atoms with Crippen molar-refractivity contribution in [3.8, 4) is 0 Å². The van der Waals surface area contributed by atoms with Crippen LogP contribution >= 0.6 is 0 Å². The van der Waals surface area contributed by atoms with Crippen LogP contribution in [0.15, 0.2) is 6.58 Å². The van der Waals surface area contributed by atoms with E-state index in [2.05, 4.69) is 6.58 Å². The molecule has 0 spiro atoms. The highest BCUT2D eigenvalue weighted by molar-refractivity contribution is 5.38. The van der Waals surface area contributed by atoms with E-state index in [1.807, 2.05) is 0 Å². The maximum atomic E-state index is 8.57. The van der Waals surface area contributed by atoms with Gasteiger partial charge in [-0.15, -0.1) is 0 Å². The first-order chi connectivity index (χ1) is 4.24. The minimum absolute atomic E-state index is 0.750. The Morgan fingerprint density at radius 2 is 1.00 bits per heavy atom. The summed E-state index contributed by atoms with van der Waals surface area (Å²) in [5.74, 6) is 1.25. The van der Waals surface area contributed by atoms with Crippen molar-refractivity contribution < 1.29 is 14.4 Å². The largest absolute Gasteiger partial charge is 0.234 e. The van der Waals surface area contributed by atoms with Gasteiger partial charge in [-0.3, -0.25) is 0 Å². The van der Waals surface area contributed by atoms with Crippen molar-refractivity contribution in [2.75, 3.05) is 0 Å². The van der Waals surface area contributed by atoms with Crippen molar-refractivity contribution in [1.82, 2.24) is 0 Å². The Hall–Kier alpha value is -1.79. The second-order valence-electron chi connectivity index (χ2n) is 0.348. The zero-order chi connectivity index (χ0) is 8.12. The molecule has 0 aromatic rings. The van der Waals surface area contributed by atoms with Crippen LogP contribution in [-0.4, -0.2) is 18.1 Å². The van der Waals surface area contributed by atoms with E-state index in [4.69, 9.17) is 25.2 Å². The van der Waals surface area contributed by atoms with Crippen molar-refractivity contribution in [3.05, 3.63) is 6.58 Å². The molecule has 0 radical (unpaired) electrons. The number of rotatable bonds is 0. The van der Waals surface area contributed by atoms with Gasteiger partial charge in [0.15, 0.2) is 0 Å². The summed E-state index contributed by atoms with van der Waals surface area (Å²) in [7, 11) is 0. The molecular weight excluding hydrogens is 124 g/mol. The quantitative estimate of drug-likeness (QED) is 0.268. The minimum atomic E-state index is 0.750. The minimum Gasteiger partial charge on any atom is -0.234 e. The van der Waals surface area contributed by atoms with Gasteiger partial charge in [0.2, 0.25) is 12.2 Å². The smallest absolute Gasteiger partial charge is 0.231 e. The summed E-state index contributed by atoms with van der Waals surface area (Å²) < 4.78 is 0. The Morgan fingerprint density at radius 3 is 1.00 bits per heavy atom. The van der Waals surface area contributed by atoms with Gasteiger partial charge in [0.1, 0.15) is 5.94 Å². The van der Waals surface area contributed by atoms with Crippen molar-refractivity contribution in [3.63, 3.8) is 0 Å². The molecule has 0 heterocycles. The van der Waals surface area contributed by atoms with E-state index in [1.54, 1.807) is 0 Å². The number of hydrogen-bond donors (Lipinski definition) is 2. The highest BCUT2D eigenvalue weighted by Crippen LogP contribution is 0.894. The van der Waals surface area contributed by atoms with Crippen molar-refractivity contribution in [1.29, 1.82) is 10.8 Å². The van der Waals surface area contributed by atoms with Crippen LogP contribution in [0.3, 0.4) is 0 Å². The summed E-state index contributed by atoms with van der Waals surface area (Å²) in [5, 5.41) is 10.8. The predicted molar refractivity (Wildman–Crippen MR) is 28.1 cm³/mol. The molecule has 0 bridgehead atoms. The van der Waals surface area contributed by atoms with Gasteiger partial charge in [-0.25, -0.2) is 25.2 Å². The van der Waals surface area contributed by atoms with Gasteiger partial charge in [0, 0.05) is 0 Å². The molecule has 0 saturated carbocycles. The Labute approximate surface area is 51.0 Å². The van der Waals surface area contributed by atoms with Crippen LogP contribution < -0.4 is 0 Å². The number of carbonyl (C=O) groups excluding carboxylic acids is 3. The van der Waals surface area contributed by atoms with Gasteiger partial charge in [0.25, 0.3) is 0 Å². The molecule has 0 fully saturated rings. The summed E-state index contributed by atoms with van der Waals surface area (Å²) in [6, 6.07) is 0. The molecule has 9 heavy (non-hydrogen) atoms. The lowest BCUT2D eigenvalue weighted by Crippen LogP contribution is -1.16. The molecule has 0 rings (SSSR count). The molecule has 0 saturated heterocycles. The highest BCUT2D eigenvalue weighted by atomic mass is 16.1.